The second-order valence-electron chi connectivity index (χ2n) is 4.08. The molecular formula is C11H16N2O2. The van der Waals surface area contributed by atoms with Crippen LogP contribution in [0.1, 0.15) is 10.4 Å². The van der Waals surface area contributed by atoms with Gasteiger partial charge in [0.15, 0.2) is 6.67 Å². The van der Waals surface area contributed by atoms with Crippen molar-refractivity contribution in [3.05, 3.63) is 41.1 Å². The Balaban J connectivity index is 2.70. The fourth-order valence-corrected chi connectivity index (χ4v) is 1.38. The van der Waals surface area contributed by atoms with Crippen LogP contribution >= 0.6 is 0 Å². The number of nitrogens with zero attached hydrogens (tertiary/aromatic N) is 2. The Morgan fingerprint density at radius 2 is 1.87 bits per heavy atom. The number of hydroxylamine groups is 3. The van der Waals surface area contributed by atoms with Gasteiger partial charge in [-0.3, -0.25) is 9.69 Å². The molecule has 0 N–H and O–H groups in total. The smallest absolute Gasteiger partial charge is 0.257 e. The molecule has 82 valence electrons. The zero-order valence-corrected chi connectivity index (χ0v) is 9.30. The molecule has 0 bridgehead atoms. The summed E-state index contributed by atoms with van der Waals surface area (Å²) < 4.78 is -0.505. The first-order chi connectivity index (χ1) is 6.90. The molecule has 0 saturated heterocycles. The summed E-state index contributed by atoms with van der Waals surface area (Å²) >= 11 is 0. The van der Waals surface area contributed by atoms with Crippen LogP contribution in [0.15, 0.2) is 30.3 Å². The van der Waals surface area contributed by atoms with Crippen molar-refractivity contribution in [2.24, 2.45) is 0 Å². The third-order valence-electron chi connectivity index (χ3n) is 1.92. The summed E-state index contributed by atoms with van der Waals surface area (Å²) in [4.78, 5) is 13.2. The molecule has 4 nitrogen and oxygen atoms in total. The summed E-state index contributed by atoms with van der Waals surface area (Å²) in [6.07, 6.45) is 0. The molecule has 0 aliphatic heterocycles. The van der Waals surface area contributed by atoms with E-state index in [1.54, 1.807) is 31.3 Å². The van der Waals surface area contributed by atoms with Crippen molar-refractivity contribution in [1.29, 1.82) is 0 Å². The molecule has 0 aliphatic carbocycles. The summed E-state index contributed by atoms with van der Waals surface area (Å²) in [6.45, 7) is 0.147. The number of amides is 1. The van der Waals surface area contributed by atoms with E-state index in [2.05, 4.69) is 0 Å². The van der Waals surface area contributed by atoms with E-state index in [0.717, 1.165) is 0 Å². The van der Waals surface area contributed by atoms with Crippen LogP contribution in [0.5, 0.6) is 0 Å². The van der Waals surface area contributed by atoms with Crippen molar-refractivity contribution < 1.29 is 9.44 Å². The highest BCUT2D eigenvalue weighted by Crippen LogP contribution is 2.05. The van der Waals surface area contributed by atoms with Gasteiger partial charge in [-0.1, -0.05) is 18.2 Å². The second kappa shape index (κ2) is 4.42. The third-order valence-corrected chi connectivity index (χ3v) is 1.92. The van der Waals surface area contributed by atoms with E-state index in [4.69, 9.17) is 0 Å². The summed E-state index contributed by atoms with van der Waals surface area (Å²) in [5.41, 5.74) is 0.605. The van der Waals surface area contributed by atoms with E-state index in [0.29, 0.717) is 5.56 Å². The van der Waals surface area contributed by atoms with Crippen LogP contribution in [-0.4, -0.2) is 43.3 Å². The number of hydrogen-bond acceptors (Lipinski definition) is 2. The lowest BCUT2D eigenvalue weighted by Crippen LogP contribution is -2.44. The summed E-state index contributed by atoms with van der Waals surface area (Å²) in [5, 5.41) is 11.4. The Bertz CT molecular complexity index is 330. The molecule has 0 heterocycles. The van der Waals surface area contributed by atoms with Gasteiger partial charge in [-0.25, -0.2) is 0 Å². The fraction of sp³-hybridized carbons (Fsp3) is 0.364. The fourth-order valence-electron chi connectivity index (χ4n) is 1.38. The zero-order chi connectivity index (χ0) is 11.5. The maximum Gasteiger partial charge on any atom is 0.257 e. The predicted octanol–water partition coefficient (Wildman–Crippen LogP) is 1.29. The van der Waals surface area contributed by atoms with Crippen molar-refractivity contribution in [3.63, 3.8) is 0 Å². The molecule has 0 fully saturated rings. The van der Waals surface area contributed by atoms with Crippen molar-refractivity contribution in [3.8, 4) is 0 Å². The molecule has 0 spiro atoms. The van der Waals surface area contributed by atoms with Crippen LogP contribution in [0.3, 0.4) is 0 Å². The van der Waals surface area contributed by atoms with Gasteiger partial charge < -0.3 is 9.85 Å². The second-order valence-corrected chi connectivity index (χ2v) is 4.08. The van der Waals surface area contributed by atoms with Gasteiger partial charge in [0.25, 0.3) is 5.91 Å². The molecule has 1 aromatic carbocycles. The summed E-state index contributed by atoms with van der Waals surface area (Å²) in [7, 11) is 4.65. The minimum atomic E-state index is -0.505. The number of quaternary nitrogens is 1. The number of rotatable bonds is 3. The lowest BCUT2D eigenvalue weighted by molar-refractivity contribution is -0.849. The Kier molecular flexibility index (Phi) is 3.44. The first-order valence-electron chi connectivity index (χ1n) is 4.75. The minimum Gasteiger partial charge on any atom is -0.632 e. The SMILES string of the molecule is CN(C[N+](C)(C)[O-])C(=O)c1ccccc1. The number of carbonyl (C=O) groups excluding carboxylic acids is 1. The topological polar surface area (TPSA) is 43.4 Å². The molecule has 15 heavy (non-hydrogen) atoms. The molecular weight excluding hydrogens is 192 g/mol. The quantitative estimate of drug-likeness (QED) is 0.427. The Morgan fingerprint density at radius 1 is 1.33 bits per heavy atom. The monoisotopic (exact) mass is 208 g/mol. The van der Waals surface area contributed by atoms with E-state index < -0.39 is 4.65 Å². The van der Waals surface area contributed by atoms with Crippen LogP contribution in [-0.2, 0) is 0 Å². The minimum absolute atomic E-state index is 0.127. The number of carbonyl (C=O) groups is 1. The van der Waals surface area contributed by atoms with Gasteiger partial charge >= 0.3 is 0 Å². The van der Waals surface area contributed by atoms with Crippen molar-refractivity contribution in [2.75, 3.05) is 27.8 Å². The van der Waals surface area contributed by atoms with E-state index >= 15 is 0 Å². The molecule has 1 amide bonds. The van der Waals surface area contributed by atoms with E-state index in [9.17, 15) is 10.0 Å². The molecule has 1 aromatic rings. The maximum absolute atomic E-state index is 11.8. The summed E-state index contributed by atoms with van der Waals surface area (Å²) in [6, 6.07) is 8.94. The Morgan fingerprint density at radius 3 is 2.33 bits per heavy atom. The molecule has 0 radical (unpaired) electrons. The van der Waals surface area contributed by atoms with Gasteiger partial charge in [0.1, 0.15) is 0 Å². The average molecular weight is 208 g/mol. The molecule has 4 heteroatoms. The molecule has 0 aliphatic rings. The van der Waals surface area contributed by atoms with Crippen LogP contribution in [0, 0.1) is 5.21 Å². The first-order valence-corrected chi connectivity index (χ1v) is 4.75. The highest BCUT2D eigenvalue weighted by molar-refractivity contribution is 5.93. The lowest BCUT2D eigenvalue weighted by Gasteiger charge is -2.37. The zero-order valence-electron chi connectivity index (χ0n) is 9.30. The van der Waals surface area contributed by atoms with Gasteiger partial charge in [0.2, 0.25) is 0 Å². The van der Waals surface area contributed by atoms with Gasteiger partial charge in [-0.05, 0) is 12.1 Å². The first kappa shape index (κ1) is 11.7. The van der Waals surface area contributed by atoms with Crippen molar-refractivity contribution in [2.45, 2.75) is 0 Å². The van der Waals surface area contributed by atoms with Crippen LogP contribution in [0.2, 0.25) is 0 Å². The molecule has 0 unspecified atom stereocenters. The van der Waals surface area contributed by atoms with Crippen molar-refractivity contribution >= 4 is 5.91 Å². The largest absolute Gasteiger partial charge is 0.632 e. The summed E-state index contributed by atoms with van der Waals surface area (Å²) in [5.74, 6) is -0.127. The average Bonchev–Trinajstić information content (AvgIpc) is 2.15. The molecule has 0 saturated carbocycles. The maximum atomic E-state index is 11.8. The van der Waals surface area contributed by atoms with Crippen LogP contribution < -0.4 is 0 Å². The van der Waals surface area contributed by atoms with Gasteiger partial charge in [-0.2, -0.15) is 0 Å². The lowest BCUT2D eigenvalue weighted by atomic mass is 10.2. The molecule has 1 rings (SSSR count). The highest BCUT2D eigenvalue weighted by Gasteiger charge is 2.15. The predicted molar refractivity (Wildman–Crippen MR) is 58.9 cm³/mol. The number of hydrogen-bond donors (Lipinski definition) is 0. The highest BCUT2D eigenvalue weighted by atomic mass is 16.5. The third kappa shape index (κ3) is 3.69. The van der Waals surface area contributed by atoms with E-state index in [-0.39, 0.29) is 12.6 Å². The van der Waals surface area contributed by atoms with E-state index in [1.165, 1.54) is 19.0 Å². The van der Waals surface area contributed by atoms with Crippen LogP contribution in [0.25, 0.3) is 0 Å². The standard InChI is InChI=1S/C11H16N2O2/c1-12(9-13(2,3)15)11(14)10-7-5-4-6-8-10/h4-8H,9H2,1-3H3. The van der Waals surface area contributed by atoms with Crippen LogP contribution in [0.4, 0.5) is 0 Å². The van der Waals surface area contributed by atoms with Gasteiger partial charge in [-0.15, -0.1) is 0 Å². The number of benzene rings is 1. The van der Waals surface area contributed by atoms with Gasteiger partial charge in [0.05, 0.1) is 14.1 Å². The Hall–Kier alpha value is -1.39. The molecule has 0 aromatic heterocycles. The molecule has 0 atom stereocenters. The normalized spacial score (nSPS) is 11.2. The van der Waals surface area contributed by atoms with Gasteiger partial charge in [0, 0.05) is 12.6 Å². The van der Waals surface area contributed by atoms with E-state index in [1.807, 2.05) is 6.07 Å². The van der Waals surface area contributed by atoms with Crippen molar-refractivity contribution in [1.82, 2.24) is 4.90 Å². The Labute approximate surface area is 89.9 Å².